The second kappa shape index (κ2) is 10.2. The van der Waals surface area contributed by atoms with Crippen molar-refractivity contribution in [3.8, 4) is 17.7 Å². The van der Waals surface area contributed by atoms with Crippen molar-refractivity contribution in [2.45, 2.75) is 19.8 Å². The van der Waals surface area contributed by atoms with Gasteiger partial charge >= 0.3 is 0 Å². The van der Waals surface area contributed by atoms with Crippen molar-refractivity contribution in [2.24, 2.45) is 0 Å². The van der Waals surface area contributed by atoms with Gasteiger partial charge in [-0.25, -0.2) is 0 Å². The fourth-order valence-electron chi connectivity index (χ4n) is 2.24. The first-order chi connectivity index (χ1) is 12.7. The van der Waals surface area contributed by atoms with Crippen LogP contribution in [0.15, 0.2) is 30.3 Å². The van der Waals surface area contributed by atoms with E-state index in [4.69, 9.17) is 9.47 Å². The molecule has 0 saturated carbocycles. The van der Waals surface area contributed by atoms with Crippen molar-refractivity contribution in [2.75, 3.05) is 25.1 Å². The van der Waals surface area contributed by atoms with E-state index in [0.717, 1.165) is 31.2 Å². The highest BCUT2D eigenvalue weighted by atomic mass is 16.5. The van der Waals surface area contributed by atoms with Gasteiger partial charge in [0.05, 0.1) is 12.2 Å². The van der Waals surface area contributed by atoms with Crippen LogP contribution in [0.5, 0.6) is 11.6 Å². The maximum atomic E-state index is 11.1. The first kappa shape index (κ1) is 19.5. The lowest BCUT2D eigenvalue weighted by Gasteiger charge is -2.11. The molecule has 0 aliphatic carbocycles. The Bertz CT molecular complexity index is 790. The van der Waals surface area contributed by atoms with E-state index in [9.17, 15) is 10.1 Å². The third kappa shape index (κ3) is 5.61. The molecule has 0 radical (unpaired) electrons. The van der Waals surface area contributed by atoms with Crippen molar-refractivity contribution in [1.29, 1.82) is 5.26 Å². The zero-order chi connectivity index (χ0) is 18.8. The first-order valence-corrected chi connectivity index (χ1v) is 8.64. The molecule has 0 amide bonds. The number of benzene rings is 1. The van der Waals surface area contributed by atoms with E-state index in [1.807, 2.05) is 13.9 Å². The van der Waals surface area contributed by atoms with Crippen LogP contribution in [0.25, 0.3) is 0 Å². The number of pyridine rings is 1. The van der Waals surface area contributed by atoms with E-state index in [0.29, 0.717) is 41.7 Å². The van der Waals surface area contributed by atoms with E-state index >= 15 is 0 Å². The largest absolute Gasteiger partial charge is 0.439 e. The standard InChI is InChI=1S/C19H22BN3O3/c1-2-3-9-25-10-8-22-19-14(12-21)4-7-18(23-19)26-16-5-6-17(20)15(11-16)13-24/h4-7,11,13H,2-3,8-10,20H2,1H3,(H,22,23). The molecule has 7 heteroatoms. The molecular weight excluding hydrogens is 329 g/mol. The van der Waals surface area contributed by atoms with Crippen LogP contribution in [0.1, 0.15) is 35.7 Å². The van der Waals surface area contributed by atoms with Gasteiger partial charge in [0.2, 0.25) is 5.88 Å². The predicted octanol–water partition coefficient (Wildman–Crippen LogP) is 2.05. The zero-order valence-corrected chi connectivity index (χ0v) is 15.1. The summed E-state index contributed by atoms with van der Waals surface area (Å²) < 4.78 is 11.2. The number of anilines is 1. The minimum Gasteiger partial charge on any atom is -0.439 e. The molecule has 1 aromatic heterocycles. The number of aromatic nitrogens is 1. The van der Waals surface area contributed by atoms with Crippen molar-refractivity contribution in [1.82, 2.24) is 4.98 Å². The summed E-state index contributed by atoms with van der Waals surface area (Å²) in [6, 6.07) is 10.6. The van der Waals surface area contributed by atoms with Crippen LogP contribution < -0.4 is 15.5 Å². The number of aldehydes is 1. The highest BCUT2D eigenvalue weighted by Gasteiger charge is 2.08. The van der Waals surface area contributed by atoms with Gasteiger partial charge in [-0.2, -0.15) is 10.2 Å². The van der Waals surface area contributed by atoms with Gasteiger partial charge in [-0.3, -0.25) is 4.79 Å². The van der Waals surface area contributed by atoms with Crippen LogP contribution in [0.2, 0.25) is 0 Å². The van der Waals surface area contributed by atoms with Gasteiger partial charge in [-0.05, 0) is 24.6 Å². The number of carbonyl (C=O) groups is 1. The Kier molecular flexibility index (Phi) is 7.65. The highest BCUT2D eigenvalue weighted by Crippen LogP contribution is 2.23. The molecule has 2 aromatic rings. The molecule has 1 N–H and O–H groups in total. The molecule has 134 valence electrons. The summed E-state index contributed by atoms with van der Waals surface area (Å²) >= 11 is 0. The normalized spacial score (nSPS) is 10.2. The quantitative estimate of drug-likeness (QED) is 0.401. The number of carbonyl (C=O) groups excluding carboxylic acids is 1. The zero-order valence-electron chi connectivity index (χ0n) is 15.1. The summed E-state index contributed by atoms with van der Waals surface area (Å²) in [6.07, 6.45) is 2.92. The monoisotopic (exact) mass is 351 g/mol. The molecule has 0 atom stereocenters. The van der Waals surface area contributed by atoms with Crippen LogP contribution in [0.3, 0.4) is 0 Å². The van der Waals surface area contributed by atoms with Gasteiger partial charge in [0.25, 0.3) is 0 Å². The first-order valence-electron chi connectivity index (χ1n) is 8.64. The smallest absolute Gasteiger partial charge is 0.221 e. The van der Waals surface area contributed by atoms with Gasteiger partial charge < -0.3 is 14.8 Å². The number of ether oxygens (including phenoxy) is 2. The number of hydrogen-bond acceptors (Lipinski definition) is 6. The molecule has 6 nitrogen and oxygen atoms in total. The van der Waals surface area contributed by atoms with E-state index < -0.39 is 0 Å². The summed E-state index contributed by atoms with van der Waals surface area (Å²) in [5.41, 5.74) is 1.88. The molecule has 0 spiro atoms. The molecule has 0 aliphatic heterocycles. The van der Waals surface area contributed by atoms with E-state index in [1.165, 1.54) is 0 Å². The summed E-state index contributed by atoms with van der Waals surface area (Å²) in [5, 5.41) is 12.3. The Morgan fingerprint density at radius 3 is 2.88 bits per heavy atom. The van der Waals surface area contributed by atoms with Crippen LogP contribution in [-0.2, 0) is 4.74 Å². The Labute approximate surface area is 154 Å². The average Bonchev–Trinajstić information content (AvgIpc) is 2.66. The highest BCUT2D eigenvalue weighted by molar-refractivity contribution is 6.35. The second-order valence-corrected chi connectivity index (χ2v) is 5.79. The van der Waals surface area contributed by atoms with Gasteiger partial charge in [-0.15, -0.1) is 0 Å². The number of unbranched alkanes of at least 4 members (excludes halogenated alkanes) is 1. The molecule has 2 rings (SSSR count). The van der Waals surface area contributed by atoms with Crippen LogP contribution >= 0.6 is 0 Å². The van der Waals surface area contributed by atoms with Crippen LogP contribution in [-0.4, -0.2) is 38.9 Å². The third-order valence-corrected chi connectivity index (χ3v) is 3.77. The lowest BCUT2D eigenvalue weighted by Crippen LogP contribution is -2.12. The average molecular weight is 351 g/mol. The molecule has 0 bridgehead atoms. The SMILES string of the molecule is Bc1ccc(Oc2ccc(C#N)c(NCCOCCCC)n2)cc1C=O. The molecule has 0 saturated heterocycles. The Hall–Kier alpha value is -2.85. The van der Waals surface area contributed by atoms with Gasteiger partial charge in [0.15, 0.2) is 0 Å². The Morgan fingerprint density at radius 2 is 2.15 bits per heavy atom. The molecule has 0 unspecified atom stereocenters. The minimum atomic E-state index is 0.346. The summed E-state index contributed by atoms with van der Waals surface area (Å²) in [5.74, 6) is 1.31. The third-order valence-electron chi connectivity index (χ3n) is 3.77. The predicted molar refractivity (Wildman–Crippen MR) is 103 cm³/mol. The number of nitrogens with one attached hydrogen (secondary N) is 1. The molecule has 1 heterocycles. The van der Waals surface area contributed by atoms with Crippen molar-refractivity contribution < 1.29 is 14.3 Å². The molecular formula is C19H22BN3O3. The second-order valence-electron chi connectivity index (χ2n) is 5.79. The Morgan fingerprint density at radius 1 is 1.31 bits per heavy atom. The fraction of sp³-hybridized carbons (Fsp3) is 0.316. The Balaban J connectivity index is 2.04. The summed E-state index contributed by atoms with van der Waals surface area (Å²) in [6.45, 7) is 3.93. The molecule has 26 heavy (non-hydrogen) atoms. The lowest BCUT2D eigenvalue weighted by atomic mass is 9.91. The summed E-state index contributed by atoms with van der Waals surface area (Å²) in [4.78, 5) is 15.4. The van der Waals surface area contributed by atoms with Crippen molar-refractivity contribution >= 4 is 25.4 Å². The van der Waals surface area contributed by atoms with E-state index in [-0.39, 0.29) is 0 Å². The topological polar surface area (TPSA) is 84.2 Å². The van der Waals surface area contributed by atoms with Crippen LogP contribution in [0.4, 0.5) is 5.82 Å². The number of nitriles is 1. The van der Waals surface area contributed by atoms with Gasteiger partial charge in [0.1, 0.15) is 31.8 Å². The van der Waals surface area contributed by atoms with E-state index in [1.54, 1.807) is 24.3 Å². The number of nitrogens with zero attached hydrogens (tertiary/aromatic N) is 2. The van der Waals surface area contributed by atoms with Crippen molar-refractivity contribution in [3.05, 3.63) is 41.5 Å². The number of hydrogen-bond donors (Lipinski definition) is 1. The molecule has 0 fully saturated rings. The maximum absolute atomic E-state index is 11.1. The van der Waals surface area contributed by atoms with Gasteiger partial charge in [-0.1, -0.05) is 24.9 Å². The fourth-order valence-corrected chi connectivity index (χ4v) is 2.24. The molecule has 0 aliphatic rings. The van der Waals surface area contributed by atoms with Crippen molar-refractivity contribution in [3.63, 3.8) is 0 Å². The van der Waals surface area contributed by atoms with Gasteiger partial charge in [0, 0.05) is 24.8 Å². The minimum absolute atomic E-state index is 0.346. The number of rotatable bonds is 10. The lowest BCUT2D eigenvalue weighted by molar-refractivity contribution is 0.112. The summed E-state index contributed by atoms with van der Waals surface area (Å²) in [7, 11) is 1.86. The van der Waals surface area contributed by atoms with Crippen LogP contribution in [0, 0.1) is 11.3 Å². The molecule has 1 aromatic carbocycles. The maximum Gasteiger partial charge on any atom is 0.221 e. The van der Waals surface area contributed by atoms with E-state index in [2.05, 4.69) is 23.3 Å².